The van der Waals surface area contributed by atoms with Gasteiger partial charge in [0.25, 0.3) is 0 Å². The van der Waals surface area contributed by atoms with Gasteiger partial charge in [-0.15, -0.1) is 0 Å². The summed E-state index contributed by atoms with van der Waals surface area (Å²) in [6, 6.07) is 4.42. The Kier molecular flexibility index (Phi) is 6.47. The van der Waals surface area contributed by atoms with E-state index in [4.69, 9.17) is 4.74 Å². The molecule has 1 aromatic carbocycles. The van der Waals surface area contributed by atoms with Gasteiger partial charge in [-0.25, -0.2) is 13.4 Å². The first-order chi connectivity index (χ1) is 16.2. The van der Waals surface area contributed by atoms with Crippen LogP contribution >= 0.6 is 0 Å². The number of halogens is 6. The van der Waals surface area contributed by atoms with E-state index in [-0.39, 0.29) is 49.2 Å². The first-order valence-corrected chi connectivity index (χ1v) is 11.9. The summed E-state index contributed by atoms with van der Waals surface area (Å²) < 4.78 is 109. The number of hydrogen-bond donors (Lipinski definition) is 0. The molecule has 35 heavy (non-hydrogen) atoms. The molecule has 0 N–H and O–H groups in total. The van der Waals surface area contributed by atoms with Crippen molar-refractivity contribution in [3.05, 3.63) is 53.7 Å². The number of carbonyl (C=O) groups excluding carboxylic acids is 1. The number of fused-ring (bicyclic) bond motifs is 1. The summed E-state index contributed by atoms with van der Waals surface area (Å²) in [5, 5.41) is 0. The molecule has 2 aliphatic rings. The summed E-state index contributed by atoms with van der Waals surface area (Å²) in [5.41, 5.74) is -1.93. The average Bonchev–Trinajstić information content (AvgIpc) is 3.10. The molecule has 0 aliphatic carbocycles. The maximum atomic E-state index is 13.1. The van der Waals surface area contributed by atoms with E-state index in [9.17, 15) is 39.6 Å². The SMILES string of the molecule is O=C1CCN(S(=O)(=O)c2ccc(C(F)(F)F)cc2)CC2CC(Oc3ccc(C(F)(F)F)cn3)CN12. The zero-order valence-electron chi connectivity index (χ0n) is 17.9. The third-order valence-corrected chi connectivity index (χ3v) is 7.74. The average molecular weight is 523 g/mol. The Hall–Kier alpha value is -2.87. The number of alkyl halides is 6. The predicted molar refractivity (Wildman–Crippen MR) is 109 cm³/mol. The van der Waals surface area contributed by atoms with E-state index in [0.29, 0.717) is 18.3 Å². The molecule has 14 heteroatoms. The highest BCUT2D eigenvalue weighted by Crippen LogP contribution is 2.33. The van der Waals surface area contributed by atoms with Gasteiger partial charge in [-0.2, -0.15) is 30.6 Å². The second-order valence-corrected chi connectivity index (χ2v) is 10.1. The topological polar surface area (TPSA) is 79.8 Å². The molecule has 2 aliphatic heterocycles. The summed E-state index contributed by atoms with van der Waals surface area (Å²) in [7, 11) is -4.18. The molecule has 4 rings (SSSR count). The third kappa shape index (κ3) is 5.37. The summed E-state index contributed by atoms with van der Waals surface area (Å²) in [4.78, 5) is 17.4. The number of carbonyl (C=O) groups is 1. The van der Waals surface area contributed by atoms with Gasteiger partial charge in [-0.3, -0.25) is 4.79 Å². The van der Waals surface area contributed by atoms with Gasteiger partial charge >= 0.3 is 12.4 Å². The van der Waals surface area contributed by atoms with Crippen molar-refractivity contribution in [3.63, 3.8) is 0 Å². The van der Waals surface area contributed by atoms with Crippen LogP contribution in [0.2, 0.25) is 0 Å². The zero-order valence-corrected chi connectivity index (χ0v) is 18.7. The molecule has 7 nitrogen and oxygen atoms in total. The van der Waals surface area contributed by atoms with Gasteiger partial charge in [0.05, 0.1) is 22.6 Å². The van der Waals surface area contributed by atoms with Crippen molar-refractivity contribution >= 4 is 15.9 Å². The molecule has 2 fully saturated rings. The maximum Gasteiger partial charge on any atom is 0.417 e. The van der Waals surface area contributed by atoms with Gasteiger partial charge in [-0.1, -0.05) is 0 Å². The molecule has 1 aromatic heterocycles. The van der Waals surface area contributed by atoms with E-state index < -0.39 is 45.6 Å². The van der Waals surface area contributed by atoms with Gasteiger partial charge in [0.15, 0.2) is 0 Å². The number of aromatic nitrogens is 1. The van der Waals surface area contributed by atoms with E-state index in [1.54, 1.807) is 0 Å². The minimum Gasteiger partial charge on any atom is -0.472 e. The summed E-state index contributed by atoms with van der Waals surface area (Å²) >= 11 is 0. The molecule has 2 aromatic rings. The quantitative estimate of drug-likeness (QED) is 0.573. The van der Waals surface area contributed by atoms with E-state index in [1.807, 2.05) is 0 Å². The van der Waals surface area contributed by atoms with Crippen molar-refractivity contribution in [1.29, 1.82) is 0 Å². The lowest BCUT2D eigenvalue weighted by Crippen LogP contribution is -2.40. The Morgan fingerprint density at radius 3 is 2.11 bits per heavy atom. The molecule has 3 heterocycles. The maximum absolute atomic E-state index is 13.1. The highest BCUT2D eigenvalue weighted by Gasteiger charge is 2.42. The zero-order chi connectivity index (χ0) is 25.6. The summed E-state index contributed by atoms with van der Waals surface area (Å²) in [5.74, 6) is -0.395. The van der Waals surface area contributed by atoms with Crippen molar-refractivity contribution in [1.82, 2.24) is 14.2 Å². The van der Waals surface area contributed by atoms with Gasteiger partial charge in [0, 0.05) is 44.2 Å². The molecule has 0 bridgehead atoms. The predicted octanol–water partition coefficient (Wildman–Crippen LogP) is 3.56. The Bertz CT molecular complexity index is 1180. The second kappa shape index (κ2) is 8.97. The molecule has 0 radical (unpaired) electrons. The van der Waals surface area contributed by atoms with Gasteiger partial charge in [0.1, 0.15) is 6.10 Å². The van der Waals surface area contributed by atoms with Gasteiger partial charge in [-0.05, 0) is 30.3 Å². The van der Waals surface area contributed by atoms with Crippen LogP contribution in [0.5, 0.6) is 5.88 Å². The Morgan fingerprint density at radius 2 is 1.54 bits per heavy atom. The fraction of sp³-hybridized carbons (Fsp3) is 0.429. The van der Waals surface area contributed by atoms with Crippen molar-refractivity contribution < 1.29 is 44.3 Å². The number of rotatable bonds is 4. The van der Waals surface area contributed by atoms with Crippen LogP contribution in [0.1, 0.15) is 24.0 Å². The Morgan fingerprint density at radius 1 is 0.914 bits per heavy atom. The fourth-order valence-corrected chi connectivity index (χ4v) is 5.58. The Balaban J connectivity index is 1.47. The van der Waals surface area contributed by atoms with Crippen LogP contribution in [-0.2, 0) is 27.2 Å². The highest BCUT2D eigenvalue weighted by molar-refractivity contribution is 7.89. The minimum atomic E-state index is -4.61. The molecular weight excluding hydrogens is 504 g/mol. The number of sulfonamides is 1. The lowest BCUT2D eigenvalue weighted by atomic mass is 10.2. The van der Waals surface area contributed by atoms with E-state index in [1.165, 1.54) is 4.90 Å². The van der Waals surface area contributed by atoms with E-state index >= 15 is 0 Å². The number of nitrogens with zero attached hydrogens (tertiary/aromatic N) is 3. The van der Waals surface area contributed by atoms with Crippen LogP contribution < -0.4 is 4.74 Å². The third-order valence-electron chi connectivity index (χ3n) is 5.86. The lowest BCUT2D eigenvalue weighted by molar-refractivity contribution is -0.138. The van der Waals surface area contributed by atoms with Crippen LogP contribution in [-0.4, -0.2) is 60.3 Å². The number of amides is 1. The fourth-order valence-electron chi connectivity index (χ4n) is 4.10. The number of pyridine rings is 1. The largest absolute Gasteiger partial charge is 0.472 e. The second-order valence-electron chi connectivity index (χ2n) is 8.19. The number of hydrogen-bond acceptors (Lipinski definition) is 5. The number of benzene rings is 1. The first kappa shape index (κ1) is 25.2. The van der Waals surface area contributed by atoms with Crippen molar-refractivity contribution in [2.75, 3.05) is 19.6 Å². The molecule has 2 unspecified atom stereocenters. The molecule has 2 saturated heterocycles. The van der Waals surface area contributed by atoms with Crippen molar-refractivity contribution in [3.8, 4) is 5.88 Å². The normalized spacial score (nSPS) is 22.1. The summed E-state index contributed by atoms with van der Waals surface area (Å²) in [6.07, 6.45) is -9.09. The van der Waals surface area contributed by atoms with Crippen LogP contribution in [0.15, 0.2) is 47.5 Å². The van der Waals surface area contributed by atoms with Crippen LogP contribution in [0.4, 0.5) is 26.3 Å². The van der Waals surface area contributed by atoms with Crippen LogP contribution in [0.25, 0.3) is 0 Å². The first-order valence-electron chi connectivity index (χ1n) is 10.4. The molecule has 190 valence electrons. The highest BCUT2D eigenvalue weighted by atomic mass is 32.2. The van der Waals surface area contributed by atoms with E-state index in [2.05, 4.69) is 4.98 Å². The minimum absolute atomic E-state index is 0.0673. The smallest absolute Gasteiger partial charge is 0.417 e. The molecule has 0 saturated carbocycles. The van der Waals surface area contributed by atoms with Crippen molar-refractivity contribution in [2.45, 2.75) is 42.2 Å². The standard InChI is InChI=1S/C21H19F6N3O4S/c22-20(23,24)13-1-4-17(5-2-13)35(32,33)29-8-7-19(31)30-12-16(9-15(30)11-29)34-18-6-3-14(10-28-18)21(25,26)27/h1-6,10,15-16H,7-9,11-12H2. The van der Waals surface area contributed by atoms with E-state index in [0.717, 1.165) is 28.6 Å². The van der Waals surface area contributed by atoms with Crippen LogP contribution in [0, 0.1) is 0 Å². The molecular formula is C21H19F6N3O4S. The molecule has 2 atom stereocenters. The summed E-state index contributed by atoms with van der Waals surface area (Å²) in [6.45, 7) is -0.142. The van der Waals surface area contributed by atoms with Crippen molar-refractivity contribution in [2.24, 2.45) is 0 Å². The lowest BCUT2D eigenvalue weighted by Gasteiger charge is -2.25. The molecule has 1 amide bonds. The Labute approximate surface area is 196 Å². The number of ether oxygens (including phenoxy) is 1. The van der Waals surface area contributed by atoms with Gasteiger partial charge in [0.2, 0.25) is 21.8 Å². The molecule has 0 spiro atoms. The van der Waals surface area contributed by atoms with Gasteiger partial charge < -0.3 is 9.64 Å². The van der Waals surface area contributed by atoms with Crippen LogP contribution in [0.3, 0.4) is 0 Å². The monoisotopic (exact) mass is 523 g/mol.